The van der Waals surface area contributed by atoms with Gasteiger partial charge in [-0.15, -0.1) is 0 Å². The number of hydrogen-bond donors (Lipinski definition) is 2. The fourth-order valence-electron chi connectivity index (χ4n) is 3.04. The van der Waals surface area contributed by atoms with Crippen molar-refractivity contribution < 1.29 is 13.6 Å². The molecule has 1 saturated carbocycles. The van der Waals surface area contributed by atoms with Crippen molar-refractivity contribution in [1.29, 1.82) is 0 Å². The Labute approximate surface area is 113 Å². The van der Waals surface area contributed by atoms with Crippen molar-refractivity contribution in [3.05, 3.63) is 0 Å². The van der Waals surface area contributed by atoms with E-state index in [1.165, 1.54) is 12.8 Å². The summed E-state index contributed by atoms with van der Waals surface area (Å²) in [7, 11) is 0. The molecule has 0 aromatic heterocycles. The van der Waals surface area contributed by atoms with Gasteiger partial charge in [0.2, 0.25) is 11.8 Å². The van der Waals surface area contributed by atoms with E-state index in [9.17, 15) is 13.6 Å². The molecule has 2 aliphatic rings. The van der Waals surface area contributed by atoms with Crippen LogP contribution in [0.25, 0.3) is 0 Å². The van der Waals surface area contributed by atoms with E-state index in [1.807, 2.05) is 0 Å². The molecule has 0 aromatic carbocycles. The summed E-state index contributed by atoms with van der Waals surface area (Å²) in [5.41, 5.74) is 0. The zero-order chi connectivity index (χ0) is 13.9. The van der Waals surface area contributed by atoms with Gasteiger partial charge < -0.3 is 10.6 Å². The molecule has 2 unspecified atom stereocenters. The molecular formula is C14H24F2N2O. The lowest BCUT2D eigenvalue weighted by atomic mass is 9.86. The van der Waals surface area contributed by atoms with E-state index in [2.05, 4.69) is 17.6 Å². The molecule has 19 heavy (non-hydrogen) atoms. The van der Waals surface area contributed by atoms with E-state index < -0.39 is 5.92 Å². The Morgan fingerprint density at radius 1 is 1.32 bits per heavy atom. The van der Waals surface area contributed by atoms with E-state index in [1.54, 1.807) is 0 Å². The molecule has 3 nitrogen and oxygen atoms in total. The highest BCUT2D eigenvalue weighted by Gasteiger charge is 2.37. The maximum absolute atomic E-state index is 13.0. The molecule has 0 radical (unpaired) electrons. The van der Waals surface area contributed by atoms with E-state index >= 15 is 0 Å². The average molecular weight is 274 g/mol. The lowest BCUT2D eigenvalue weighted by molar-refractivity contribution is -0.129. The second-order valence-corrected chi connectivity index (χ2v) is 6.06. The third kappa shape index (κ3) is 4.13. The van der Waals surface area contributed by atoms with Crippen LogP contribution in [0.2, 0.25) is 0 Å². The molecule has 1 aliphatic carbocycles. The molecule has 1 aliphatic heterocycles. The minimum atomic E-state index is -2.56. The van der Waals surface area contributed by atoms with Crippen molar-refractivity contribution in [3.8, 4) is 0 Å². The first-order valence-corrected chi connectivity index (χ1v) is 7.37. The summed E-state index contributed by atoms with van der Waals surface area (Å²) in [6, 6.07) is 0.322. The predicted molar refractivity (Wildman–Crippen MR) is 70.1 cm³/mol. The van der Waals surface area contributed by atoms with E-state index in [0.717, 1.165) is 6.54 Å². The summed E-state index contributed by atoms with van der Waals surface area (Å²) in [6.07, 6.45) is 2.69. The summed E-state index contributed by atoms with van der Waals surface area (Å²) < 4.78 is 26.1. The molecule has 2 fully saturated rings. The SMILES string of the molecule is CC1CCCNC1CNC(=O)C1CCC(F)(F)CC1. The quantitative estimate of drug-likeness (QED) is 0.829. The van der Waals surface area contributed by atoms with Gasteiger partial charge in [-0.3, -0.25) is 4.79 Å². The molecule has 110 valence electrons. The molecule has 1 amide bonds. The van der Waals surface area contributed by atoms with Crippen LogP contribution in [0.15, 0.2) is 0 Å². The molecule has 5 heteroatoms. The lowest BCUT2D eigenvalue weighted by Crippen LogP contribution is -2.49. The number of halogens is 2. The molecular weight excluding hydrogens is 250 g/mol. The molecule has 1 heterocycles. The number of rotatable bonds is 3. The highest BCUT2D eigenvalue weighted by Crippen LogP contribution is 2.36. The largest absolute Gasteiger partial charge is 0.354 e. The van der Waals surface area contributed by atoms with Crippen LogP contribution >= 0.6 is 0 Å². The van der Waals surface area contributed by atoms with Crippen LogP contribution in [0.3, 0.4) is 0 Å². The number of carbonyl (C=O) groups excluding carboxylic acids is 1. The van der Waals surface area contributed by atoms with Gasteiger partial charge in [0.15, 0.2) is 0 Å². The van der Waals surface area contributed by atoms with Crippen molar-refractivity contribution in [2.75, 3.05) is 13.1 Å². The van der Waals surface area contributed by atoms with Crippen LogP contribution in [0.4, 0.5) is 8.78 Å². The maximum Gasteiger partial charge on any atom is 0.248 e. The average Bonchev–Trinajstić information content (AvgIpc) is 2.37. The molecule has 2 atom stereocenters. The second kappa shape index (κ2) is 6.16. The van der Waals surface area contributed by atoms with Gasteiger partial charge in [-0.1, -0.05) is 6.92 Å². The van der Waals surface area contributed by atoms with Gasteiger partial charge in [-0.25, -0.2) is 8.78 Å². The molecule has 0 spiro atoms. The molecule has 2 N–H and O–H groups in total. The summed E-state index contributed by atoms with van der Waals surface area (Å²) in [6.45, 7) is 3.80. The van der Waals surface area contributed by atoms with Crippen molar-refractivity contribution in [2.24, 2.45) is 11.8 Å². The van der Waals surface area contributed by atoms with Crippen molar-refractivity contribution in [3.63, 3.8) is 0 Å². The molecule has 2 rings (SSSR count). The van der Waals surface area contributed by atoms with Gasteiger partial charge in [0.25, 0.3) is 0 Å². The van der Waals surface area contributed by atoms with Gasteiger partial charge in [0.05, 0.1) is 0 Å². The second-order valence-electron chi connectivity index (χ2n) is 6.06. The van der Waals surface area contributed by atoms with Gasteiger partial charge in [0.1, 0.15) is 0 Å². The zero-order valence-electron chi connectivity index (χ0n) is 11.6. The fourth-order valence-corrected chi connectivity index (χ4v) is 3.04. The monoisotopic (exact) mass is 274 g/mol. The smallest absolute Gasteiger partial charge is 0.248 e. The topological polar surface area (TPSA) is 41.1 Å². The molecule has 0 aromatic rings. The molecule has 0 bridgehead atoms. The maximum atomic E-state index is 13.0. The predicted octanol–water partition coefficient (Wildman–Crippen LogP) is 2.32. The van der Waals surface area contributed by atoms with Crippen LogP contribution in [-0.2, 0) is 4.79 Å². The Morgan fingerprint density at radius 2 is 2.00 bits per heavy atom. The van der Waals surface area contributed by atoms with Crippen molar-refractivity contribution in [2.45, 2.75) is 57.4 Å². The van der Waals surface area contributed by atoms with Gasteiger partial charge >= 0.3 is 0 Å². The van der Waals surface area contributed by atoms with Crippen LogP contribution in [0.1, 0.15) is 45.4 Å². The van der Waals surface area contributed by atoms with Crippen LogP contribution in [-0.4, -0.2) is 31.0 Å². The Hall–Kier alpha value is -0.710. The van der Waals surface area contributed by atoms with Crippen molar-refractivity contribution in [1.82, 2.24) is 10.6 Å². The first-order valence-electron chi connectivity index (χ1n) is 7.37. The molecule has 1 saturated heterocycles. The van der Waals surface area contributed by atoms with E-state index in [0.29, 0.717) is 31.3 Å². The Bertz CT molecular complexity index is 313. The summed E-state index contributed by atoms with van der Waals surface area (Å²) in [4.78, 5) is 12.0. The third-order valence-electron chi connectivity index (χ3n) is 4.51. The number of amides is 1. The van der Waals surface area contributed by atoms with Gasteiger partial charge in [-0.05, 0) is 38.1 Å². The zero-order valence-corrected chi connectivity index (χ0v) is 11.6. The van der Waals surface area contributed by atoms with Crippen LogP contribution in [0.5, 0.6) is 0 Å². The Balaban J connectivity index is 1.72. The number of carbonyl (C=O) groups is 1. The van der Waals surface area contributed by atoms with Crippen LogP contribution < -0.4 is 10.6 Å². The first kappa shape index (κ1) is 14.7. The van der Waals surface area contributed by atoms with Crippen molar-refractivity contribution >= 4 is 5.91 Å². The summed E-state index contributed by atoms with van der Waals surface area (Å²) in [5.74, 6) is -2.27. The number of hydrogen-bond acceptors (Lipinski definition) is 2. The Kier molecular flexibility index (Phi) is 4.76. The first-order chi connectivity index (χ1) is 8.98. The minimum absolute atomic E-state index is 0.0462. The normalized spacial score (nSPS) is 31.9. The number of alkyl halides is 2. The third-order valence-corrected chi connectivity index (χ3v) is 4.51. The van der Waals surface area contributed by atoms with E-state index in [-0.39, 0.29) is 24.7 Å². The Morgan fingerprint density at radius 3 is 2.63 bits per heavy atom. The van der Waals surface area contributed by atoms with Gasteiger partial charge in [-0.2, -0.15) is 0 Å². The van der Waals surface area contributed by atoms with Crippen LogP contribution in [0, 0.1) is 11.8 Å². The highest BCUT2D eigenvalue weighted by molar-refractivity contribution is 5.78. The lowest BCUT2D eigenvalue weighted by Gasteiger charge is -2.31. The number of piperidine rings is 1. The number of nitrogens with one attached hydrogen (secondary N) is 2. The standard InChI is InChI=1S/C14H24F2N2O/c1-10-3-2-8-17-12(10)9-18-13(19)11-4-6-14(15,16)7-5-11/h10-12,17H,2-9H2,1H3,(H,18,19). The highest BCUT2D eigenvalue weighted by atomic mass is 19.3. The fraction of sp³-hybridized carbons (Fsp3) is 0.929. The summed E-state index contributed by atoms with van der Waals surface area (Å²) in [5, 5.41) is 6.34. The van der Waals surface area contributed by atoms with Gasteiger partial charge in [0, 0.05) is 31.3 Å². The minimum Gasteiger partial charge on any atom is -0.354 e. The van der Waals surface area contributed by atoms with E-state index in [4.69, 9.17) is 0 Å². The summed E-state index contributed by atoms with van der Waals surface area (Å²) >= 11 is 0.